The summed E-state index contributed by atoms with van der Waals surface area (Å²) in [7, 11) is 1.70. The molecule has 0 amide bonds. The second-order valence-corrected chi connectivity index (χ2v) is 8.21. The molecule has 32 heavy (non-hydrogen) atoms. The highest BCUT2D eigenvalue weighted by molar-refractivity contribution is 6.30. The van der Waals surface area contributed by atoms with Gasteiger partial charge in [0.25, 0.3) is 5.56 Å². The summed E-state index contributed by atoms with van der Waals surface area (Å²) in [6, 6.07) is 17.4. The molecule has 0 aliphatic heterocycles. The van der Waals surface area contributed by atoms with E-state index < -0.39 is 5.97 Å². The summed E-state index contributed by atoms with van der Waals surface area (Å²) in [5.74, 6) is -0.478. The molecule has 162 valence electrons. The number of aromatic nitrogens is 2. The van der Waals surface area contributed by atoms with Crippen molar-refractivity contribution in [3.63, 3.8) is 0 Å². The number of anilines is 1. The third-order valence-electron chi connectivity index (χ3n) is 5.45. The molecule has 1 heterocycles. The Hall–Kier alpha value is -3.64. The van der Waals surface area contributed by atoms with Crippen LogP contribution >= 0.6 is 11.6 Å². The van der Waals surface area contributed by atoms with E-state index in [0.29, 0.717) is 27.4 Å². The Morgan fingerprint density at radius 2 is 1.81 bits per heavy atom. The first kappa shape index (κ1) is 21.6. The van der Waals surface area contributed by atoms with E-state index in [0.717, 1.165) is 16.7 Å². The minimum absolute atomic E-state index is 0.150. The zero-order valence-corrected chi connectivity index (χ0v) is 18.6. The number of aryl methyl sites for hydroxylation is 1. The number of aromatic carboxylic acids is 1. The van der Waals surface area contributed by atoms with Crippen LogP contribution in [0.1, 0.15) is 34.5 Å². The van der Waals surface area contributed by atoms with Gasteiger partial charge in [0, 0.05) is 28.9 Å². The van der Waals surface area contributed by atoms with Crippen LogP contribution in [0.4, 0.5) is 5.69 Å². The van der Waals surface area contributed by atoms with E-state index in [1.165, 1.54) is 4.57 Å². The third-order valence-corrected chi connectivity index (χ3v) is 5.70. The normalized spacial score (nSPS) is 12.0. The number of fused-ring (bicyclic) bond motifs is 1. The van der Waals surface area contributed by atoms with Crippen molar-refractivity contribution in [2.24, 2.45) is 7.05 Å². The van der Waals surface area contributed by atoms with E-state index >= 15 is 0 Å². The minimum Gasteiger partial charge on any atom is -0.478 e. The Morgan fingerprint density at radius 1 is 1.12 bits per heavy atom. The predicted molar refractivity (Wildman–Crippen MR) is 128 cm³/mol. The number of carboxylic acid groups (broad SMARTS) is 1. The van der Waals surface area contributed by atoms with Crippen LogP contribution in [0.25, 0.3) is 22.3 Å². The molecule has 0 bridgehead atoms. The number of rotatable bonds is 5. The molecule has 0 spiro atoms. The van der Waals surface area contributed by atoms with Gasteiger partial charge < -0.3 is 10.4 Å². The second kappa shape index (κ2) is 8.48. The molecular formula is C25H22ClN3O3. The van der Waals surface area contributed by atoms with Gasteiger partial charge in [-0.05, 0) is 61.9 Å². The minimum atomic E-state index is -1.01. The fraction of sp³-hybridized carbons (Fsp3) is 0.160. The van der Waals surface area contributed by atoms with Crippen molar-refractivity contribution >= 4 is 34.2 Å². The molecule has 0 radical (unpaired) electrons. The lowest BCUT2D eigenvalue weighted by atomic mass is 10.00. The summed E-state index contributed by atoms with van der Waals surface area (Å²) in [6.45, 7) is 3.85. The van der Waals surface area contributed by atoms with Gasteiger partial charge in [-0.3, -0.25) is 9.36 Å². The van der Waals surface area contributed by atoms with E-state index in [9.17, 15) is 14.7 Å². The van der Waals surface area contributed by atoms with Crippen LogP contribution < -0.4 is 10.9 Å². The van der Waals surface area contributed by atoms with E-state index in [2.05, 4.69) is 5.32 Å². The molecule has 0 fully saturated rings. The predicted octanol–water partition coefficient (Wildman–Crippen LogP) is 5.43. The molecule has 0 saturated heterocycles. The zero-order valence-electron chi connectivity index (χ0n) is 17.9. The largest absolute Gasteiger partial charge is 0.478 e. The lowest BCUT2D eigenvalue weighted by molar-refractivity contribution is 0.0698. The lowest BCUT2D eigenvalue weighted by Gasteiger charge is -2.20. The van der Waals surface area contributed by atoms with Gasteiger partial charge in [-0.15, -0.1) is 0 Å². The summed E-state index contributed by atoms with van der Waals surface area (Å²) in [5.41, 5.74) is 3.63. The quantitative estimate of drug-likeness (QED) is 0.426. The first-order valence-corrected chi connectivity index (χ1v) is 10.5. The van der Waals surface area contributed by atoms with Crippen molar-refractivity contribution in [3.8, 4) is 11.4 Å². The Bertz CT molecular complexity index is 1390. The molecule has 1 unspecified atom stereocenters. The van der Waals surface area contributed by atoms with Gasteiger partial charge in [0.1, 0.15) is 5.82 Å². The highest BCUT2D eigenvalue weighted by Gasteiger charge is 2.19. The molecule has 0 aliphatic carbocycles. The summed E-state index contributed by atoms with van der Waals surface area (Å²) in [4.78, 5) is 29.7. The van der Waals surface area contributed by atoms with Crippen molar-refractivity contribution in [1.29, 1.82) is 0 Å². The number of halogens is 1. The second-order valence-electron chi connectivity index (χ2n) is 7.77. The number of carbonyl (C=O) groups is 1. The van der Waals surface area contributed by atoms with Gasteiger partial charge in [-0.25, -0.2) is 9.78 Å². The molecule has 0 aliphatic rings. The van der Waals surface area contributed by atoms with Crippen molar-refractivity contribution in [1.82, 2.24) is 9.55 Å². The maximum absolute atomic E-state index is 13.2. The molecule has 4 aromatic rings. The fourth-order valence-corrected chi connectivity index (χ4v) is 3.97. The van der Waals surface area contributed by atoms with Crippen molar-refractivity contribution in [3.05, 3.63) is 92.7 Å². The molecule has 6 nitrogen and oxygen atoms in total. The highest BCUT2D eigenvalue weighted by atomic mass is 35.5. The summed E-state index contributed by atoms with van der Waals surface area (Å²) in [5, 5.41) is 13.9. The Labute approximate surface area is 190 Å². The molecule has 1 atom stereocenters. The SMILES string of the molecule is Cc1cc(C(C)Nc2ccccc2C(=O)O)c2nc(-c3ccc(Cl)cc3)n(C)c(=O)c2c1. The molecule has 1 aromatic heterocycles. The van der Waals surface area contributed by atoms with Crippen LogP contribution in [-0.2, 0) is 7.05 Å². The van der Waals surface area contributed by atoms with Crippen molar-refractivity contribution < 1.29 is 9.90 Å². The van der Waals surface area contributed by atoms with Gasteiger partial charge in [0.2, 0.25) is 0 Å². The summed E-state index contributed by atoms with van der Waals surface area (Å²) >= 11 is 6.02. The summed E-state index contributed by atoms with van der Waals surface area (Å²) in [6.07, 6.45) is 0. The first-order valence-electron chi connectivity index (χ1n) is 10.1. The van der Waals surface area contributed by atoms with Crippen LogP contribution in [0, 0.1) is 6.92 Å². The number of para-hydroxylation sites is 1. The standard InChI is InChI=1S/C25H22ClN3O3/c1-14-12-19(15(2)27-21-7-5-4-6-18(21)25(31)32)22-20(13-14)24(30)29(3)23(28-22)16-8-10-17(26)11-9-16/h4-13,15,27H,1-3H3,(H,31,32). The van der Waals surface area contributed by atoms with Gasteiger partial charge in [-0.2, -0.15) is 0 Å². The van der Waals surface area contributed by atoms with Crippen LogP contribution in [-0.4, -0.2) is 20.6 Å². The van der Waals surface area contributed by atoms with E-state index in [-0.39, 0.29) is 17.2 Å². The Kier molecular flexibility index (Phi) is 5.72. The maximum atomic E-state index is 13.2. The smallest absolute Gasteiger partial charge is 0.337 e. The van der Waals surface area contributed by atoms with Crippen LogP contribution in [0.15, 0.2) is 65.5 Å². The number of nitrogens with one attached hydrogen (secondary N) is 1. The average molecular weight is 448 g/mol. The molecule has 4 rings (SSSR count). The summed E-state index contributed by atoms with van der Waals surface area (Å²) < 4.78 is 1.53. The van der Waals surface area contributed by atoms with E-state index in [1.807, 2.05) is 38.1 Å². The zero-order chi connectivity index (χ0) is 23.0. The number of benzene rings is 3. The fourth-order valence-electron chi connectivity index (χ4n) is 3.85. The van der Waals surface area contributed by atoms with Crippen LogP contribution in [0.2, 0.25) is 5.02 Å². The number of hydrogen-bond donors (Lipinski definition) is 2. The van der Waals surface area contributed by atoms with Crippen LogP contribution in [0.3, 0.4) is 0 Å². The highest BCUT2D eigenvalue weighted by Crippen LogP contribution is 2.29. The molecular weight excluding hydrogens is 426 g/mol. The van der Waals surface area contributed by atoms with E-state index in [1.54, 1.807) is 43.4 Å². The van der Waals surface area contributed by atoms with Gasteiger partial charge in [0.05, 0.1) is 22.5 Å². The van der Waals surface area contributed by atoms with Gasteiger partial charge >= 0.3 is 5.97 Å². The topological polar surface area (TPSA) is 84.2 Å². The number of nitrogens with zero attached hydrogens (tertiary/aromatic N) is 2. The van der Waals surface area contributed by atoms with Gasteiger partial charge in [-0.1, -0.05) is 29.8 Å². The number of carboxylic acids is 1. The molecule has 3 aromatic carbocycles. The Morgan fingerprint density at radius 3 is 2.50 bits per heavy atom. The molecule has 2 N–H and O–H groups in total. The third kappa shape index (κ3) is 3.97. The molecule has 7 heteroatoms. The monoisotopic (exact) mass is 447 g/mol. The molecule has 0 saturated carbocycles. The van der Waals surface area contributed by atoms with E-state index in [4.69, 9.17) is 16.6 Å². The van der Waals surface area contributed by atoms with Crippen molar-refractivity contribution in [2.75, 3.05) is 5.32 Å². The Balaban J connectivity index is 1.89. The van der Waals surface area contributed by atoms with Gasteiger partial charge in [0.15, 0.2) is 0 Å². The average Bonchev–Trinajstić information content (AvgIpc) is 2.77. The first-order chi connectivity index (χ1) is 15.3. The van der Waals surface area contributed by atoms with Crippen LogP contribution in [0.5, 0.6) is 0 Å². The van der Waals surface area contributed by atoms with Crippen molar-refractivity contribution in [2.45, 2.75) is 19.9 Å². The maximum Gasteiger partial charge on any atom is 0.337 e. The lowest BCUT2D eigenvalue weighted by Crippen LogP contribution is -2.22. The number of hydrogen-bond acceptors (Lipinski definition) is 4.